The van der Waals surface area contributed by atoms with Crippen molar-refractivity contribution in [3.63, 3.8) is 0 Å². The average Bonchev–Trinajstić information content (AvgIpc) is 2.82. The minimum absolute atomic E-state index is 0.152. The second-order valence-corrected chi connectivity index (χ2v) is 4.60. The maximum atomic E-state index is 9.98. The lowest BCUT2D eigenvalue weighted by Gasteiger charge is -2.17. The summed E-state index contributed by atoms with van der Waals surface area (Å²) in [5.74, 6) is -0.330. The smallest absolute Gasteiger partial charge is 0.157 e. The van der Waals surface area contributed by atoms with Gasteiger partial charge in [-0.15, -0.1) is 0 Å². The van der Waals surface area contributed by atoms with Crippen LogP contribution < -0.4 is 0 Å². The summed E-state index contributed by atoms with van der Waals surface area (Å²) < 4.78 is 0. The number of phenols is 2. The molecule has 17 heavy (non-hydrogen) atoms. The lowest BCUT2D eigenvalue weighted by molar-refractivity contribution is 0.148. The molecule has 0 saturated carbocycles. The molecule has 1 saturated heterocycles. The Kier molecular flexibility index (Phi) is 3.86. The van der Waals surface area contributed by atoms with Crippen LogP contribution in [0.4, 0.5) is 0 Å². The van der Waals surface area contributed by atoms with Gasteiger partial charge < -0.3 is 20.2 Å². The molecule has 94 valence electrons. The molecule has 1 atom stereocenters. The van der Waals surface area contributed by atoms with E-state index in [0.717, 1.165) is 19.6 Å². The zero-order valence-electron chi connectivity index (χ0n) is 9.84. The fourth-order valence-corrected chi connectivity index (χ4v) is 2.23. The quantitative estimate of drug-likeness (QED) is 0.696. The van der Waals surface area contributed by atoms with E-state index >= 15 is 0 Å². The van der Waals surface area contributed by atoms with E-state index in [-0.39, 0.29) is 11.5 Å². The zero-order chi connectivity index (χ0) is 12.3. The summed E-state index contributed by atoms with van der Waals surface area (Å²) in [7, 11) is 0. The van der Waals surface area contributed by atoms with Crippen molar-refractivity contribution in [1.29, 1.82) is 0 Å². The van der Waals surface area contributed by atoms with Crippen molar-refractivity contribution in [3.05, 3.63) is 23.8 Å². The molecule has 3 N–H and O–H groups in total. The van der Waals surface area contributed by atoms with Gasteiger partial charge in [-0.05, 0) is 50.0 Å². The van der Waals surface area contributed by atoms with Gasteiger partial charge in [-0.3, -0.25) is 0 Å². The van der Waals surface area contributed by atoms with Crippen LogP contribution in [0.5, 0.6) is 11.5 Å². The molecule has 1 heterocycles. The van der Waals surface area contributed by atoms with Gasteiger partial charge in [-0.2, -0.15) is 0 Å². The van der Waals surface area contributed by atoms with E-state index < -0.39 is 6.10 Å². The lowest BCUT2D eigenvalue weighted by Crippen LogP contribution is -2.22. The molecule has 0 amide bonds. The summed E-state index contributed by atoms with van der Waals surface area (Å²) in [4.78, 5) is 2.34. The molecule has 1 aliphatic rings. The lowest BCUT2D eigenvalue weighted by atomic mass is 10.1. The normalized spacial score (nSPS) is 18.4. The first-order chi connectivity index (χ1) is 8.16. The molecular weight excluding hydrogens is 218 g/mol. The van der Waals surface area contributed by atoms with Crippen molar-refractivity contribution >= 4 is 0 Å². The molecule has 0 spiro atoms. The molecule has 2 rings (SSSR count). The number of phenolic OH excluding ortho intramolecular Hbond substituents is 2. The minimum Gasteiger partial charge on any atom is -0.504 e. The van der Waals surface area contributed by atoms with E-state index in [9.17, 15) is 15.3 Å². The summed E-state index contributed by atoms with van der Waals surface area (Å²) in [6.07, 6.45) is 2.57. The van der Waals surface area contributed by atoms with Crippen LogP contribution in [0.15, 0.2) is 18.2 Å². The van der Waals surface area contributed by atoms with Crippen molar-refractivity contribution in [2.24, 2.45) is 0 Å². The highest BCUT2D eigenvalue weighted by molar-refractivity contribution is 5.41. The third-order valence-corrected chi connectivity index (χ3v) is 3.30. The second-order valence-electron chi connectivity index (χ2n) is 4.60. The van der Waals surface area contributed by atoms with Gasteiger partial charge in [0.1, 0.15) is 0 Å². The maximum absolute atomic E-state index is 9.98. The van der Waals surface area contributed by atoms with Crippen LogP contribution in [0.25, 0.3) is 0 Å². The predicted octanol–water partition coefficient (Wildman–Crippen LogP) is 1.62. The third kappa shape index (κ3) is 3.11. The monoisotopic (exact) mass is 237 g/mol. The van der Waals surface area contributed by atoms with E-state index in [4.69, 9.17) is 0 Å². The summed E-state index contributed by atoms with van der Waals surface area (Å²) in [5, 5.41) is 28.5. The van der Waals surface area contributed by atoms with Crippen molar-refractivity contribution < 1.29 is 15.3 Å². The first-order valence-corrected chi connectivity index (χ1v) is 6.09. The Morgan fingerprint density at radius 1 is 1.12 bits per heavy atom. The van der Waals surface area contributed by atoms with Crippen LogP contribution in [0.1, 0.15) is 30.9 Å². The Labute approximate surface area is 101 Å². The SMILES string of the molecule is Oc1ccc([C@@H](O)CCN2CCCC2)cc1O. The average molecular weight is 237 g/mol. The first-order valence-electron chi connectivity index (χ1n) is 6.09. The van der Waals surface area contributed by atoms with Crippen LogP contribution in [-0.2, 0) is 0 Å². The van der Waals surface area contributed by atoms with Crippen LogP contribution in [0.2, 0.25) is 0 Å². The van der Waals surface area contributed by atoms with Gasteiger partial charge in [0.25, 0.3) is 0 Å². The summed E-state index contributed by atoms with van der Waals surface area (Å²) in [6, 6.07) is 4.47. The second kappa shape index (κ2) is 5.38. The summed E-state index contributed by atoms with van der Waals surface area (Å²) in [6.45, 7) is 3.11. The first kappa shape index (κ1) is 12.2. The molecule has 1 aliphatic heterocycles. The number of nitrogens with zero attached hydrogens (tertiary/aromatic N) is 1. The molecule has 0 radical (unpaired) electrons. The summed E-state index contributed by atoms with van der Waals surface area (Å²) >= 11 is 0. The summed E-state index contributed by atoms with van der Waals surface area (Å²) in [5.41, 5.74) is 0.652. The van der Waals surface area contributed by atoms with Gasteiger partial charge in [0.05, 0.1) is 6.10 Å². The molecule has 1 aromatic rings. The van der Waals surface area contributed by atoms with Gasteiger partial charge in [0, 0.05) is 6.54 Å². The molecular formula is C13H19NO3. The third-order valence-electron chi connectivity index (χ3n) is 3.30. The fourth-order valence-electron chi connectivity index (χ4n) is 2.23. The van der Waals surface area contributed by atoms with Crippen LogP contribution in [0, 0.1) is 0 Å². The van der Waals surface area contributed by atoms with Crippen molar-refractivity contribution in [3.8, 4) is 11.5 Å². The highest BCUT2D eigenvalue weighted by atomic mass is 16.3. The Morgan fingerprint density at radius 2 is 1.82 bits per heavy atom. The number of benzene rings is 1. The molecule has 0 unspecified atom stereocenters. The van der Waals surface area contributed by atoms with Crippen LogP contribution in [-0.4, -0.2) is 39.9 Å². The highest BCUT2D eigenvalue weighted by Gasteiger charge is 2.15. The molecule has 1 fully saturated rings. The number of rotatable bonds is 4. The van der Waals surface area contributed by atoms with Crippen molar-refractivity contribution in [2.45, 2.75) is 25.4 Å². The van der Waals surface area contributed by atoms with Crippen molar-refractivity contribution in [2.75, 3.05) is 19.6 Å². The number of aliphatic hydroxyl groups is 1. The van der Waals surface area contributed by atoms with E-state index in [1.807, 2.05) is 0 Å². The van der Waals surface area contributed by atoms with Gasteiger partial charge in [-0.1, -0.05) is 6.07 Å². The fraction of sp³-hybridized carbons (Fsp3) is 0.538. The van der Waals surface area contributed by atoms with Crippen LogP contribution in [0.3, 0.4) is 0 Å². The maximum Gasteiger partial charge on any atom is 0.157 e. The van der Waals surface area contributed by atoms with Gasteiger partial charge in [-0.25, -0.2) is 0 Å². The molecule has 0 aliphatic carbocycles. The Morgan fingerprint density at radius 3 is 2.47 bits per heavy atom. The van der Waals surface area contributed by atoms with E-state index in [1.54, 1.807) is 6.07 Å². The van der Waals surface area contributed by atoms with E-state index in [0.29, 0.717) is 12.0 Å². The predicted molar refractivity (Wildman–Crippen MR) is 65.0 cm³/mol. The van der Waals surface area contributed by atoms with E-state index in [1.165, 1.54) is 25.0 Å². The molecule has 1 aromatic carbocycles. The number of likely N-dealkylation sites (tertiary alicyclic amines) is 1. The largest absolute Gasteiger partial charge is 0.504 e. The Hall–Kier alpha value is -1.26. The molecule has 4 heteroatoms. The highest BCUT2D eigenvalue weighted by Crippen LogP contribution is 2.29. The molecule has 0 bridgehead atoms. The standard InChI is InChI=1S/C13H19NO3/c15-11(5-8-14-6-1-2-7-14)10-3-4-12(16)13(17)9-10/h3-4,9,11,15-17H,1-2,5-8H2/t11-/m0/s1. The number of hydrogen-bond acceptors (Lipinski definition) is 4. The van der Waals surface area contributed by atoms with Gasteiger partial charge >= 0.3 is 0 Å². The van der Waals surface area contributed by atoms with Gasteiger partial charge in [0.2, 0.25) is 0 Å². The minimum atomic E-state index is -0.581. The topological polar surface area (TPSA) is 63.9 Å². The zero-order valence-corrected chi connectivity index (χ0v) is 9.84. The number of aliphatic hydroxyl groups excluding tert-OH is 1. The van der Waals surface area contributed by atoms with E-state index in [2.05, 4.69) is 4.90 Å². The van der Waals surface area contributed by atoms with Crippen LogP contribution >= 0.6 is 0 Å². The Bertz CT molecular complexity index is 375. The van der Waals surface area contributed by atoms with Crippen molar-refractivity contribution in [1.82, 2.24) is 4.90 Å². The Balaban J connectivity index is 1.89. The number of hydrogen-bond donors (Lipinski definition) is 3. The molecule has 4 nitrogen and oxygen atoms in total. The number of aromatic hydroxyl groups is 2. The van der Waals surface area contributed by atoms with Gasteiger partial charge in [0.15, 0.2) is 11.5 Å². The molecule has 0 aromatic heterocycles.